The number of rotatable bonds is 8. The van der Waals surface area contributed by atoms with Crippen molar-refractivity contribution >= 4 is 17.8 Å². The second kappa shape index (κ2) is 11.7. The van der Waals surface area contributed by atoms with Crippen LogP contribution in [0, 0.1) is 17.2 Å². The van der Waals surface area contributed by atoms with Crippen LogP contribution in [0.2, 0.25) is 0 Å². The topological polar surface area (TPSA) is 135 Å². The van der Waals surface area contributed by atoms with Crippen molar-refractivity contribution < 1.29 is 14.3 Å². The molecule has 1 amide bonds. The molecule has 8 heteroatoms. The summed E-state index contributed by atoms with van der Waals surface area (Å²) in [6.45, 7) is 3.70. The Labute approximate surface area is 201 Å². The largest absolute Gasteiger partial charge is 0.469 e. The van der Waals surface area contributed by atoms with Gasteiger partial charge in [-0.2, -0.15) is 0 Å². The van der Waals surface area contributed by atoms with E-state index in [2.05, 4.69) is 5.32 Å². The van der Waals surface area contributed by atoms with E-state index in [0.717, 1.165) is 36.1 Å². The molecule has 2 aromatic rings. The number of likely N-dealkylation sites (tertiary alicyclic amines) is 1. The van der Waals surface area contributed by atoms with Gasteiger partial charge in [0.25, 0.3) is 5.91 Å². The lowest BCUT2D eigenvalue weighted by molar-refractivity contribution is -0.147. The van der Waals surface area contributed by atoms with Gasteiger partial charge in [-0.15, -0.1) is 0 Å². The molecule has 1 aliphatic heterocycles. The van der Waals surface area contributed by atoms with E-state index in [9.17, 15) is 9.59 Å². The van der Waals surface area contributed by atoms with Crippen LogP contribution in [0.1, 0.15) is 42.1 Å². The molecule has 0 radical (unpaired) electrons. The molecule has 1 heterocycles. The first-order valence-electron chi connectivity index (χ1n) is 11.7. The predicted molar refractivity (Wildman–Crippen MR) is 133 cm³/mol. The highest BCUT2D eigenvalue weighted by molar-refractivity contribution is 5.95. The van der Waals surface area contributed by atoms with E-state index < -0.39 is 12.0 Å². The molecule has 182 valence electrons. The summed E-state index contributed by atoms with van der Waals surface area (Å²) >= 11 is 0. The average Bonchev–Trinajstić information content (AvgIpc) is 2.87. The molecule has 6 N–H and O–H groups in total. The molecule has 0 saturated carbocycles. The van der Waals surface area contributed by atoms with Crippen LogP contribution in [-0.2, 0) is 16.1 Å². The highest BCUT2D eigenvalue weighted by atomic mass is 16.5. The van der Waals surface area contributed by atoms with Crippen molar-refractivity contribution in [2.45, 2.75) is 38.8 Å². The van der Waals surface area contributed by atoms with Gasteiger partial charge >= 0.3 is 5.97 Å². The second-order valence-electron chi connectivity index (χ2n) is 8.95. The summed E-state index contributed by atoms with van der Waals surface area (Å²) in [5.74, 6) is -0.812. The summed E-state index contributed by atoms with van der Waals surface area (Å²) in [6.07, 6.45) is 2.43. The third-order valence-corrected chi connectivity index (χ3v) is 6.56. The molecule has 0 bridgehead atoms. The Balaban J connectivity index is 1.66. The fraction of sp³-hybridized carbons (Fsp3) is 0.423. The summed E-state index contributed by atoms with van der Waals surface area (Å²) in [5.41, 5.74) is 15.0. The van der Waals surface area contributed by atoms with Crippen molar-refractivity contribution in [3.63, 3.8) is 0 Å². The molecule has 1 unspecified atom stereocenters. The van der Waals surface area contributed by atoms with E-state index in [1.807, 2.05) is 48.2 Å². The maximum Gasteiger partial charge on any atom is 0.310 e. The van der Waals surface area contributed by atoms with E-state index in [-0.39, 0.29) is 23.8 Å². The van der Waals surface area contributed by atoms with Crippen LogP contribution < -0.4 is 16.8 Å². The molecule has 3 rings (SSSR count). The van der Waals surface area contributed by atoms with Gasteiger partial charge < -0.3 is 26.4 Å². The Hall–Kier alpha value is -3.39. The number of carbonyl (C=O) groups is 2. The van der Waals surface area contributed by atoms with Crippen molar-refractivity contribution in [1.82, 2.24) is 10.2 Å². The molecule has 2 aromatic carbocycles. The molecular weight excluding hydrogens is 430 g/mol. The first-order valence-corrected chi connectivity index (χ1v) is 11.7. The fourth-order valence-electron chi connectivity index (χ4n) is 4.57. The molecule has 8 nitrogen and oxygen atoms in total. The Morgan fingerprint density at radius 3 is 2.59 bits per heavy atom. The third-order valence-electron chi connectivity index (χ3n) is 6.56. The van der Waals surface area contributed by atoms with Gasteiger partial charge in [-0.3, -0.25) is 15.0 Å². The maximum atomic E-state index is 12.9. The number of guanidine groups is 1. The summed E-state index contributed by atoms with van der Waals surface area (Å²) in [7, 11) is 1.37. The van der Waals surface area contributed by atoms with Gasteiger partial charge in [0, 0.05) is 31.2 Å². The Morgan fingerprint density at radius 1 is 1.21 bits per heavy atom. The minimum atomic E-state index is -0.482. The number of benzene rings is 2. The van der Waals surface area contributed by atoms with E-state index in [1.165, 1.54) is 7.11 Å². The molecule has 0 aliphatic carbocycles. The van der Waals surface area contributed by atoms with Crippen molar-refractivity contribution in [3.05, 3.63) is 59.7 Å². The smallest absolute Gasteiger partial charge is 0.310 e. The minimum absolute atomic E-state index is 0.0545. The van der Waals surface area contributed by atoms with Crippen molar-refractivity contribution in [3.8, 4) is 11.1 Å². The summed E-state index contributed by atoms with van der Waals surface area (Å²) in [4.78, 5) is 27.3. The standard InChI is InChI=1S/C26H35N5O3/c1-17(23(25(33)34-2)14-19-6-4-12-31(16-19)26(28)29)30-24(32)21-10-8-20(9-11-21)22-7-3-5-18(13-22)15-27/h3,5,7-11,13,17,19,23H,4,6,12,14-16,27H2,1-2H3,(H3,28,29)(H,30,32)/t17-,19?,23-/m1/s1. The number of methoxy groups -OCH3 is 1. The zero-order valence-electron chi connectivity index (χ0n) is 19.9. The number of nitrogens with one attached hydrogen (secondary N) is 2. The van der Waals surface area contributed by atoms with Gasteiger partial charge in [0.15, 0.2) is 5.96 Å². The van der Waals surface area contributed by atoms with Crippen LogP contribution in [0.4, 0.5) is 0 Å². The molecule has 1 fully saturated rings. The Kier molecular flexibility index (Phi) is 8.65. The predicted octanol–water partition coefficient (Wildman–Crippen LogP) is 2.72. The molecular formula is C26H35N5O3. The molecule has 0 aromatic heterocycles. The second-order valence-corrected chi connectivity index (χ2v) is 8.95. The number of nitrogens with zero attached hydrogens (tertiary/aromatic N) is 1. The number of nitrogens with two attached hydrogens (primary N) is 2. The fourth-order valence-corrected chi connectivity index (χ4v) is 4.57. The van der Waals surface area contributed by atoms with Gasteiger partial charge in [-0.25, -0.2) is 0 Å². The Morgan fingerprint density at radius 2 is 1.94 bits per heavy atom. The van der Waals surface area contributed by atoms with E-state index in [1.54, 1.807) is 12.1 Å². The van der Waals surface area contributed by atoms with Crippen LogP contribution in [0.25, 0.3) is 11.1 Å². The number of amides is 1. The van der Waals surface area contributed by atoms with E-state index >= 15 is 0 Å². The van der Waals surface area contributed by atoms with Crippen LogP contribution >= 0.6 is 0 Å². The summed E-state index contributed by atoms with van der Waals surface area (Å²) < 4.78 is 5.04. The lowest BCUT2D eigenvalue weighted by atomic mass is 9.85. The first kappa shape index (κ1) is 25.2. The number of esters is 1. The number of piperidine rings is 1. The van der Waals surface area contributed by atoms with Crippen LogP contribution in [0.5, 0.6) is 0 Å². The number of hydrogen-bond acceptors (Lipinski definition) is 5. The minimum Gasteiger partial charge on any atom is -0.469 e. The molecule has 1 aliphatic rings. The van der Waals surface area contributed by atoms with Crippen LogP contribution in [0.3, 0.4) is 0 Å². The Bertz CT molecular complexity index is 1010. The van der Waals surface area contributed by atoms with Crippen LogP contribution in [-0.4, -0.2) is 49.0 Å². The van der Waals surface area contributed by atoms with Gasteiger partial charge in [-0.1, -0.05) is 30.3 Å². The van der Waals surface area contributed by atoms with Gasteiger partial charge in [0.1, 0.15) is 0 Å². The van der Waals surface area contributed by atoms with Crippen molar-refractivity contribution in [2.24, 2.45) is 23.3 Å². The first-order chi connectivity index (χ1) is 16.3. The van der Waals surface area contributed by atoms with Gasteiger partial charge in [-0.05, 0) is 67.0 Å². The third kappa shape index (κ3) is 6.35. The zero-order chi connectivity index (χ0) is 24.7. The highest BCUT2D eigenvalue weighted by Gasteiger charge is 2.32. The molecule has 0 spiro atoms. The molecule has 1 saturated heterocycles. The van der Waals surface area contributed by atoms with Crippen LogP contribution in [0.15, 0.2) is 48.5 Å². The highest BCUT2D eigenvalue weighted by Crippen LogP contribution is 2.26. The van der Waals surface area contributed by atoms with Gasteiger partial charge in [0.05, 0.1) is 13.0 Å². The normalized spacial score (nSPS) is 17.5. The summed E-state index contributed by atoms with van der Waals surface area (Å²) in [5, 5.41) is 10.7. The van der Waals surface area contributed by atoms with Crippen molar-refractivity contribution in [2.75, 3.05) is 20.2 Å². The monoisotopic (exact) mass is 465 g/mol. The average molecular weight is 466 g/mol. The van der Waals surface area contributed by atoms with Gasteiger partial charge in [0.2, 0.25) is 0 Å². The number of carbonyl (C=O) groups excluding carboxylic acids is 2. The lowest BCUT2D eigenvalue weighted by Crippen LogP contribution is -2.46. The molecule has 34 heavy (non-hydrogen) atoms. The SMILES string of the molecule is COC(=O)[C@H](CC1CCCN(C(=N)N)C1)[C@@H](C)NC(=O)c1ccc(-c2cccc(CN)c2)cc1. The number of hydrogen-bond donors (Lipinski definition) is 4. The summed E-state index contributed by atoms with van der Waals surface area (Å²) in [6, 6.07) is 15.0. The van der Waals surface area contributed by atoms with E-state index in [0.29, 0.717) is 25.1 Å². The number of ether oxygens (including phenoxy) is 1. The van der Waals surface area contributed by atoms with E-state index in [4.69, 9.17) is 21.6 Å². The quantitative estimate of drug-likeness (QED) is 0.269. The lowest BCUT2D eigenvalue weighted by Gasteiger charge is -2.35. The zero-order valence-corrected chi connectivity index (χ0v) is 19.9. The van der Waals surface area contributed by atoms with Crippen molar-refractivity contribution in [1.29, 1.82) is 5.41 Å². The maximum absolute atomic E-state index is 12.9. The molecule has 3 atom stereocenters.